The van der Waals surface area contributed by atoms with Crippen LogP contribution in [0.15, 0.2) is 4.52 Å². The van der Waals surface area contributed by atoms with E-state index in [9.17, 15) is 5.11 Å². The minimum absolute atomic E-state index is 0.407. The molecule has 1 saturated heterocycles. The van der Waals surface area contributed by atoms with E-state index >= 15 is 0 Å². The van der Waals surface area contributed by atoms with E-state index in [1.165, 1.54) is 12.8 Å². The van der Waals surface area contributed by atoms with Gasteiger partial charge < -0.3 is 14.9 Å². The lowest BCUT2D eigenvalue weighted by molar-refractivity contribution is -0.0228. The Morgan fingerprint density at radius 1 is 1.38 bits per heavy atom. The van der Waals surface area contributed by atoms with Gasteiger partial charge in [0.15, 0.2) is 5.82 Å². The standard InChI is InChI=1S/C11H17N3O2/c15-11(3-5-12-6-4-11)10-13-9(14-16-10)7-8-1-2-8/h8,12,15H,1-7H2. The summed E-state index contributed by atoms with van der Waals surface area (Å²) < 4.78 is 5.20. The van der Waals surface area contributed by atoms with E-state index < -0.39 is 5.60 Å². The average Bonchev–Trinajstić information content (AvgIpc) is 2.95. The number of aromatic nitrogens is 2. The molecule has 0 unspecified atom stereocenters. The zero-order valence-electron chi connectivity index (χ0n) is 9.28. The molecule has 1 aromatic heterocycles. The van der Waals surface area contributed by atoms with Gasteiger partial charge in [0.25, 0.3) is 5.89 Å². The summed E-state index contributed by atoms with van der Waals surface area (Å²) in [5.41, 5.74) is -0.903. The normalized spacial score (nSPS) is 24.6. The fourth-order valence-electron chi connectivity index (χ4n) is 2.16. The summed E-state index contributed by atoms with van der Waals surface area (Å²) in [5.74, 6) is 1.90. The largest absolute Gasteiger partial charge is 0.380 e. The number of hydrogen-bond donors (Lipinski definition) is 2. The quantitative estimate of drug-likeness (QED) is 0.785. The maximum atomic E-state index is 10.4. The second-order valence-corrected chi connectivity index (χ2v) is 4.94. The molecule has 1 aromatic rings. The Morgan fingerprint density at radius 2 is 2.12 bits per heavy atom. The predicted molar refractivity (Wildman–Crippen MR) is 56.7 cm³/mol. The van der Waals surface area contributed by atoms with Crippen molar-refractivity contribution in [3.8, 4) is 0 Å². The van der Waals surface area contributed by atoms with Gasteiger partial charge in [0.05, 0.1) is 0 Å². The summed E-state index contributed by atoms with van der Waals surface area (Å²) in [5, 5.41) is 17.5. The third-order valence-corrected chi connectivity index (χ3v) is 3.47. The van der Waals surface area contributed by atoms with Crippen LogP contribution in [0, 0.1) is 5.92 Å². The van der Waals surface area contributed by atoms with Crippen molar-refractivity contribution in [3.63, 3.8) is 0 Å². The topological polar surface area (TPSA) is 71.2 Å². The third-order valence-electron chi connectivity index (χ3n) is 3.47. The van der Waals surface area contributed by atoms with Crippen LogP contribution in [0.3, 0.4) is 0 Å². The van der Waals surface area contributed by atoms with Crippen molar-refractivity contribution in [1.29, 1.82) is 0 Å². The summed E-state index contributed by atoms with van der Waals surface area (Å²) in [4.78, 5) is 4.33. The molecule has 2 heterocycles. The molecule has 0 spiro atoms. The molecule has 0 aromatic carbocycles. The van der Waals surface area contributed by atoms with Crippen molar-refractivity contribution in [2.75, 3.05) is 13.1 Å². The van der Waals surface area contributed by atoms with Crippen LogP contribution in [0.5, 0.6) is 0 Å². The molecular formula is C11H17N3O2. The first-order valence-corrected chi connectivity index (χ1v) is 6.02. The van der Waals surface area contributed by atoms with Gasteiger partial charge in [-0.25, -0.2) is 0 Å². The molecule has 3 rings (SSSR count). The molecule has 0 bridgehead atoms. The smallest absolute Gasteiger partial charge is 0.258 e. The third kappa shape index (κ3) is 1.97. The second-order valence-electron chi connectivity index (χ2n) is 4.94. The van der Waals surface area contributed by atoms with Gasteiger partial charge in [0.2, 0.25) is 0 Å². The molecule has 1 saturated carbocycles. The van der Waals surface area contributed by atoms with E-state index in [2.05, 4.69) is 15.5 Å². The van der Waals surface area contributed by atoms with Crippen LogP contribution in [0.25, 0.3) is 0 Å². The Hall–Kier alpha value is -0.940. The number of nitrogens with zero attached hydrogens (tertiary/aromatic N) is 2. The highest BCUT2D eigenvalue weighted by Crippen LogP contribution is 2.33. The van der Waals surface area contributed by atoms with Crippen LogP contribution >= 0.6 is 0 Å². The SMILES string of the molecule is OC1(c2nc(CC3CC3)no2)CCNCC1. The van der Waals surface area contributed by atoms with Crippen molar-refractivity contribution in [2.45, 2.75) is 37.7 Å². The first-order valence-electron chi connectivity index (χ1n) is 6.02. The van der Waals surface area contributed by atoms with Gasteiger partial charge in [-0.05, 0) is 44.7 Å². The molecule has 2 N–H and O–H groups in total. The summed E-state index contributed by atoms with van der Waals surface area (Å²) in [6.45, 7) is 1.60. The predicted octanol–water partition coefficient (Wildman–Crippen LogP) is 0.593. The molecule has 5 nitrogen and oxygen atoms in total. The maximum Gasteiger partial charge on any atom is 0.258 e. The lowest BCUT2D eigenvalue weighted by Crippen LogP contribution is -2.39. The molecule has 0 radical (unpaired) electrons. The Morgan fingerprint density at radius 3 is 2.81 bits per heavy atom. The van der Waals surface area contributed by atoms with Gasteiger partial charge >= 0.3 is 0 Å². The molecule has 1 aliphatic carbocycles. The van der Waals surface area contributed by atoms with E-state index in [0.717, 1.165) is 31.3 Å². The monoisotopic (exact) mass is 223 g/mol. The molecule has 2 aliphatic rings. The van der Waals surface area contributed by atoms with Gasteiger partial charge in [-0.15, -0.1) is 0 Å². The van der Waals surface area contributed by atoms with Gasteiger partial charge in [-0.3, -0.25) is 0 Å². The summed E-state index contributed by atoms with van der Waals surface area (Å²) in [6.07, 6.45) is 4.75. The van der Waals surface area contributed by atoms with Gasteiger partial charge in [0, 0.05) is 6.42 Å². The van der Waals surface area contributed by atoms with Crippen LogP contribution in [0.4, 0.5) is 0 Å². The van der Waals surface area contributed by atoms with Gasteiger partial charge in [-0.1, -0.05) is 5.16 Å². The molecular weight excluding hydrogens is 206 g/mol. The Kier molecular flexibility index (Phi) is 2.44. The van der Waals surface area contributed by atoms with E-state index in [4.69, 9.17) is 4.52 Å². The number of piperidine rings is 1. The first-order chi connectivity index (χ1) is 7.76. The highest BCUT2D eigenvalue weighted by molar-refractivity contribution is 5.02. The molecule has 1 aliphatic heterocycles. The maximum absolute atomic E-state index is 10.4. The number of nitrogens with one attached hydrogen (secondary N) is 1. The van der Waals surface area contributed by atoms with Crippen molar-refractivity contribution in [2.24, 2.45) is 5.92 Å². The number of aliphatic hydroxyl groups is 1. The van der Waals surface area contributed by atoms with Crippen molar-refractivity contribution >= 4 is 0 Å². The zero-order valence-corrected chi connectivity index (χ0v) is 9.28. The summed E-state index contributed by atoms with van der Waals surface area (Å²) in [7, 11) is 0. The fourth-order valence-corrected chi connectivity index (χ4v) is 2.16. The number of rotatable bonds is 3. The van der Waals surface area contributed by atoms with Crippen molar-refractivity contribution in [1.82, 2.24) is 15.5 Å². The second kappa shape index (κ2) is 3.82. The van der Waals surface area contributed by atoms with Crippen LogP contribution in [0.2, 0.25) is 0 Å². The molecule has 0 amide bonds. The Bertz CT molecular complexity index is 367. The fraction of sp³-hybridized carbons (Fsp3) is 0.818. The first kappa shape index (κ1) is 10.2. The lowest BCUT2D eigenvalue weighted by atomic mass is 9.92. The molecule has 5 heteroatoms. The van der Waals surface area contributed by atoms with Crippen molar-refractivity contribution in [3.05, 3.63) is 11.7 Å². The van der Waals surface area contributed by atoms with Crippen molar-refractivity contribution < 1.29 is 9.63 Å². The summed E-state index contributed by atoms with van der Waals surface area (Å²) >= 11 is 0. The van der Waals surface area contributed by atoms with Crippen LogP contribution in [0.1, 0.15) is 37.4 Å². The van der Waals surface area contributed by atoms with Crippen LogP contribution < -0.4 is 5.32 Å². The van der Waals surface area contributed by atoms with Gasteiger partial charge in [0.1, 0.15) is 5.60 Å². The molecule has 2 fully saturated rings. The van der Waals surface area contributed by atoms with E-state index in [-0.39, 0.29) is 0 Å². The Labute approximate surface area is 94.2 Å². The highest BCUT2D eigenvalue weighted by atomic mass is 16.5. The molecule has 16 heavy (non-hydrogen) atoms. The average molecular weight is 223 g/mol. The van der Waals surface area contributed by atoms with E-state index in [0.29, 0.717) is 18.7 Å². The minimum Gasteiger partial charge on any atom is -0.380 e. The molecule has 0 atom stereocenters. The van der Waals surface area contributed by atoms with E-state index in [1.807, 2.05) is 0 Å². The van der Waals surface area contributed by atoms with Gasteiger partial charge in [-0.2, -0.15) is 4.98 Å². The van der Waals surface area contributed by atoms with Crippen LogP contribution in [-0.4, -0.2) is 28.3 Å². The minimum atomic E-state index is -0.903. The summed E-state index contributed by atoms with van der Waals surface area (Å²) in [6, 6.07) is 0. The lowest BCUT2D eigenvalue weighted by Gasteiger charge is -2.28. The van der Waals surface area contributed by atoms with Crippen LogP contribution in [-0.2, 0) is 12.0 Å². The highest BCUT2D eigenvalue weighted by Gasteiger charge is 2.37. The molecule has 88 valence electrons. The number of hydrogen-bond acceptors (Lipinski definition) is 5. The zero-order chi connectivity index (χ0) is 11.0. The van der Waals surface area contributed by atoms with E-state index in [1.54, 1.807) is 0 Å². The Balaban J connectivity index is 1.74.